The first-order chi connectivity index (χ1) is 15.9. The second kappa shape index (κ2) is 9.81. The van der Waals surface area contributed by atoms with E-state index in [9.17, 15) is 9.59 Å². The average Bonchev–Trinajstić information content (AvgIpc) is 3.27. The second-order valence-electron chi connectivity index (χ2n) is 8.74. The summed E-state index contributed by atoms with van der Waals surface area (Å²) in [6.45, 7) is 4.00. The third-order valence-corrected chi connectivity index (χ3v) is 6.41. The molecule has 2 aromatic carbocycles. The molecular weight excluding hydrogens is 438 g/mol. The van der Waals surface area contributed by atoms with E-state index in [0.717, 1.165) is 29.9 Å². The van der Waals surface area contributed by atoms with Crippen LogP contribution in [0.15, 0.2) is 60.2 Å². The molecule has 7 heteroatoms. The van der Waals surface area contributed by atoms with Gasteiger partial charge in [0.05, 0.1) is 24.0 Å². The number of nitrogens with one attached hydrogen (secondary N) is 3. The number of rotatable bonds is 7. The molecule has 0 aromatic heterocycles. The van der Waals surface area contributed by atoms with Crippen molar-refractivity contribution >= 4 is 29.1 Å². The number of carbonyl (C=O) groups is 2. The molecule has 172 valence electrons. The maximum Gasteiger partial charge on any atom is 0.234 e. The lowest BCUT2D eigenvalue weighted by atomic mass is 9.79. The van der Waals surface area contributed by atoms with Crippen LogP contribution in [0.5, 0.6) is 5.75 Å². The van der Waals surface area contributed by atoms with E-state index in [4.69, 9.17) is 16.3 Å². The fourth-order valence-electron chi connectivity index (χ4n) is 4.18. The van der Waals surface area contributed by atoms with Gasteiger partial charge in [-0.05, 0) is 59.9 Å². The Hall–Kier alpha value is -3.09. The number of hydrogen-bond acceptors (Lipinski definition) is 4. The van der Waals surface area contributed by atoms with Gasteiger partial charge in [0.1, 0.15) is 5.75 Å². The van der Waals surface area contributed by atoms with Crippen LogP contribution < -0.4 is 20.7 Å². The van der Waals surface area contributed by atoms with Crippen LogP contribution in [-0.4, -0.2) is 25.5 Å². The maximum absolute atomic E-state index is 13.1. The summed E-state index contributed by atoms with van der Waals surface area (Å²) in [6.07, 6.45) is 6.53. The molecule has 1 atom stereocenters. The van der Waals surface area contributed by atoms with E-state index in [1.807, 2.05) is 43.4 Å². The predicted molar refractivity (Wildman–Crippen MR) is 130 cm³/mol. The molecule has 1 aliphatic carbocycles. The highest BCUT2D eigenvalue weighted by Crippen LogP contribution is 2.33. The minimum atomic E-state index is -0.685. The molecule has 0 spiro atoms. The lowest BCUT2D eigenvalue weighted by Crippen LogP contribution is -2.35. The van der Waals surface area contributed by atoms with Crippen LogP contribution in [0.3, 0.4) is 0 Å². The highest BCUT2D eigenvalue weighted by Gasteiger charge is 2.33. The first-order valence-corrected chi connectivity index (χ1v) is 11.3. The number of benzene rings is 2. The molecule has 0 bridgehead atoms. The van der Waals surface area contributed by atoms with Gasteiger partial charge < -0.3 is 20.7 Å². The number of hydrogen-bond donors (Lipinski definition) is 3. The predicted octanol–water partition coefficient (Wildman–Crippen LogP) is 4.14. The number of halogens is 1. The van der Waals surface area contributed by atoms with Crippen molar-refractivity contribution < 1.29 is 14.3 Å². The van der Waals surface area contributed by atoms with Crippen molar-refractivity contribution in [3.05, 3.63) is 81.9 Å². The van der Waals surface area contributed by atoms with E-state index >= 15 is 0 Å². The number of anilines is 1. The quantitative estimate of drug-likeness (QED) is 0.574. The molecule has 1 heterocycles. The third kappa shape index (κ3) is 5.46. The lowest BCUT2D eigenvalue weighted by molar-refractivity contribution is -0.122. The zero-order valence-corrected chi connectivity index (χ0v) is 19.6. The van der Waals surface area contributed by atoms with Crippen LogP contribution in [0.2, 0.25) is 5.02 Å². The number of fused-ring (bicyclic) bond motifs is 1. The summed E-state index contributed by atoms with van der Waals surface area (Å²) in [4.78, 5) is 25.5. The minimum Gasteiger partial charge on any atom is -0.495 e. The molecule has 1 aliphatic heterocycles. The van der Waals surface area contributed by atoms with E-state index in [0.29, 0.717) is 23.7 Å². The summed E-state index contributed by atoms with van der Waals surface area (Å²) in [5, 5.41) is 9.84. The number of carbonyl (C=O) groups excluding carboxylic acids is 2. The molecule has 0 saturated heterocycles. The monoisotopic (exact) mass is 465 g/mol. The van der Waals surface area contributed by atoms with Crippen molar-refractivity contribution in [3.63, 3.8) is 0 Å². The van der Waals surface area contributed by atoms with E-state index in [-0.39, 0.29) is 18.2 Å². The summed E-state index contributed by atoms with van der Waals surface area (Å²) < 4.78 is 5.21. The van der Waals surface area contributed by atoms with Gasteiger partial charge in [0.15, 0.2) is 0 Å². The Morgan fingerprint density at radius 1 is 1.15 bits per heavy atom. The number of amides is 2. The van der Waals surface area contributed by atoms with Gasteiger partial charge in [0, 0.05) is 25.3 Å². The van der Waals surface area contributed by atoms with E-state index in [2.05, 4.69) is 22.0 Å². The summed E-state index contributed by atoms with van der Waals surface area (Å²) in [5.74, 6) is 0.381. The van der Waals surface area contributed by atoms with Crippen molar-refractivity contribution in [3.8, 4) is 5.75 Å². The molecule has 0 fully saturated rings. The average molecular weight is 466 g/mol. The van der Waals surface area contributed by atoms with Gasteiger partial charge in [-0.25, -0.2) is 0 Å². The highest BCUT2D eigenvalue weighted by atomic mass is 35.5. The van der Waals surface area contributed by atoms with Gasteiger partial charge >= 0.3 is 0 Å². The Bertz CT molecular complexity index is 1140. The summed E-state index contributed by atoms with van der Waals surface area (Å²) in [5.41, 5.74) is 4.43. The van der Waals surface area contributed by atoms with Crippen LogP contribution in [0.1, 0.15) is 30.0 Å². The first kappa shape index (κ1) is 23.1. The fraction of sp³-hybridized carbons (Fsp3) is 0.308. The molecule has 1 unspecified atom stereocenters. The van der Waals surface area contributed by atoms with Crippen molar-refractivity contribution in [2.45, 2.75) is 32.9 Å². The first-order valence-electron chi connectivity index (χ1n) is 11.0. The molecule has 0 radical (unpaired) electrons. The number of methoxy groups -OCH3 is 1. The Labute approximate surface area is 199 Å². The Morgan fingerprint density at radius 2 is 1.97 bits per heavy atom. The Morgan fingerprint density at radius 3 is 2.79 bits per heavy atom. The fourth-order valence-corrected chi connectivity index (χ4v) is 4.38. The molecular formula is C26H28ClN3O3. The van der Waals surface area contributed by atoms with Crippen LogP contribution in [0.4, 0.5) is 5.69 Å². The molecule has 33 heavy (non-hydrogen) atoms. The largest absolute Gasteiger partial charge is 0.495 e. The van der Waals surface area contributed by atoms with Gasteiger partial charge in [-0.3, -0.25) is 9.59 Å². The van der Waals surface area contributed by atoms with Crippen LogP contribution in [0.25, 0.3) is 0 Å². The number of allylic oxidation sites excluding steroid dienone is 2. The molecule has 2 aliphatic rings. The summed E-state index contributed by atoms with van der Waals surface area (Å²) in [6, 6.07) is 11.3. The topological polar surface area (TPSA) is 79.5 Å². The standard InChI is InChI=1S/C26H28ClN3O3/c1-26(25(32)30-21-7-6-19-15-28-16-20(19)12-21)9-3-4-18(13-26)14-29-24(31)11-17-5-8-22(27)23(10-17)33-2/h3-10,12,28H,11,13-16H2,1-2H3,(H,29,31)(H,30,32). The van der Waals surface area contributed by atoms with Gasteiger partial charge in [-0.2, -0.15) is 0 Å². The summed E-state index contributed by atoms with van der Waals surface area (Å²) >= 11 is 6.05. The molecule has 2 aromatic rings. The van der Waals surface area contributed by atoms with E-state index in [1.54, 1.807) is 19.2 Å². The summed E-state index contributed by atoms with van der Waals surface area (Å²) in [7, 11) is 1.54. The van der Waals surface area contributed by atoms with Crippen LogP contribution in [-0.2, 0) is 29.1 Å². The van der Waals surface area contributed by atoms with Crippen LogP contribution >= 0.6 is 11.6 Å². The van der Waals surface area contributed by atoms with Crippen molar-refractivity contribution in [1.82, 2.24) is 10.6 Å². The minimum absolute atomic E-state index is 0.0603. The lowest BCUT2D eigenvalue weighted by Gasteiger charge is -2.29. The normalized spacial score (nSPS) is 18.9. The molecule has 2 amide bonds. The second-order valence-corrected chi connectivity index (χ2v) is 9.15. The van der Waals surface area contributed by atoms with Crippen molar-refractivity contribution in [2.24, 2.45) is 5.41 Å². The zero-order valence-electron chi connectivity index (χ0n) is 18.8. The van der Waals surface area contributed by atoms with E-state index < -0.39 is 5.41 Å². The van der Waals surface area contributed by atoms with Gasteiger partial charge in [-0.15, -0.1) is 0 Å². The SMILES string of the molecule is COc1cc(CC(=O)NCC2=CC=CC(C)(C(=O)Nc3ccc4c(c3)CNC4)C2)ccc1Cl. The van der Waals surface area contributed by atoms with E-state index in [1.165, 1.54) is 11.1 Å². The third-order valence-electron chi connectivity index (χ3n) is 6.10. The van der Waals surface area contributed by atoms with Gasteiger partial charge in [0.2, 0.25) is 11.8 Å². The van der Waals surface area contributed by atoms with Crippen LogP contribution in [0, 0.1) is 5.41 Å². The molecule has 0 saturated carbocycles. The molecule has 4 rings (SSSR count). The maximum atomic E-state index is 13.1. The molecule has 3 N–H and O–H groups in total. The zero-order chi connectivity index (χ0) is 23.4. The highest BCUT2D eigenvalue weighted by molar-refractivity contribution is 6.32. The smallest absolute Gasteiger partial charge is 0.234 e. The Kier molecular flexibility index (Phi) is 6.86. The van der Waals surface area contributed by atoms with Gasteiger partial charge in [-0.1, -0.05) is 42.0 Å². The van der Waals surface area contributed by atoms with Crippen molar-refractivity contribution in [2.75, 3.05) is 19.0 Å². The Balaban J connectivity index is 1.32. The number of ether oxygens (including phenoxy) is 1. The van der Waals surface area contributed by atoms with Crippen molar-refractivity contribution in [1.29, 1.82) is 0 Å². The molecule has 6 nitrogen and oxygen atoms in total. The van der Waals surface area contributed by atoms with Gasteiger partial charge in [0.25, 0.3) is 0 Å².